The molecule has 0 aliphatic heterocycles. The Kier molecular flexibility index (Phi) is 6.80. The van der Waals surface area contributed by atoms with Crippen LogP contribution in [-0.2, 0) is 16.1 Å². The van der Waals surface area contributed by atoms with E-state index in [0.717, 1.165) is 5.52 Å². The molecule has 1 amide bonds. The lowest BCUT2D eigenvalue weighted by Gasteiger charge is -2.11. The smallest absolute Gasteiger partial charge is 0.340 e. The number of benzene rings is 1. The molecule has 33 heavy (non-hydrogen) atoms. The molecule has 0 aliphatic carbocycles. The maximum Gasteiger partial charge on any atom is 0.340 e. The van der Waals surface area contributed by atoms with Gasteiger partial charge in [-0.3, -0.25) is 18.6 Å². The van der Waals surface area contributed by atoms with Crippen molar-refractivity contribution in [1.82, 2.24) is 19.2 Å². The van der Waals surface area contributed by atoms with Crippen molar-refractivity contribution in [3.8, 4) is 0 Å². The fraction of sp³-hybridized carbons (Fsp3) is 0.318. The largest absolute Gasteiger partial charge is 0.462 e. The molecule has 172 valence electrons. The van der Waals surface area contributed by atoms with Gasteiger partial charge in [-0.25, -0.2) is 4.79 Å². The summed E-state index contributed by atoms with van der Waals surface area (Å²) in [5, 5.41) is 13.6. The zero-order valence-electron chi connectivity index (χ0n) is 18.4. The molecule has 1 N–H and O–H groups in total. The molecule has 0 spiro atoms. The van der Waals surface area contributed by atoms with Crippen LogP contribution in [0.25, 0.3) is 16.0 Å². The number of thioether (sulfide) groups is 1. The Morgan fingerprint density at radius 3 is 2.76 bits per heavy atom. The zero-order valence-corrected chi connectivity index (χ0v) is 20.0. The second kappa shape index (κ2) is 9.75. The summed E-state index contributed by atoms with van der Waals surface area (Å²) in [5.41, 5.74) is 1.32. The maximum atomic E-state index is 12.9. The highest BCUT2D eigenvalue weighted by Gasteiger charge is 2.20. The summed E-state index contributed by atoms with van der Waals surface area (Å²) in [7, 11) is 0. The van der Waals surface area contributed by atoms with Crippen molar-refractivity contribution in [2.75, 3.05) is 17.7 Å². The number of thiophene rings is 1. The summed E-state index contributed by atoms with van der Waals surface area (Å²) in [6.07, 6.45) is 0. The molecule has 0 radical (unpaired) electrons. The number of ether oxygens (including phenoxy) is 1. The van der Waals surface area contributed by atoms with Crippen molar-refractivity contribution < 1.29 is 14.3 Å². The summed E-state index contributed by atoms with van der Waals surface area (Å²) < 4.78 is 9.13. The molecule has 0 bridgehead atoms. The molecule has 0 unspecified atom stereocenters. The monoisotopic (exact) mass is 485 g/mol. The minimum atomic E-state index is -0.493. The van der Waals surface area contributed by atoms with Gasteiger partial charge in [0.05, 0.1) is 29.1 Å². The van der Waals surface area contributed by atoms with Gasteiger partial charge in [-0.15, -0.1) is 21.5 Å². The molecular formula is C22H23N5O4S2. The summed E-state index contributed by atoms with van der Waals surface area (Å²) in [4.78, 5) is 37.7. The Bertz CT molecular complexity index is 1390. The molecule has 4 rings (SSSR count). The van der Waals surface area contributed by atoms with Gasteiger partial charge in [0.2, 0.25) is 11.7 Å². The molecule has 0 fully saturated rings. The molecule has 3 heterocycles. The molecule has 9 nitrogen and oxygen atoms in total. The van der Waals surface area contributed by atoms with Crippen LogP contribution in [0.2, 0.25) is 0 Å². The van der Waals surface area contributed by atoms with Gasteiger partial charge in [0.15, 0.2) is 5.16 Å². The van der Waals surface area contributed by atoms with Gasteiger partial charge in [0.25, 0.3) is 5.56 Å². The molecule has 3 aromatic heterocycles. The standard InChI is InChI=1S/C22H23N5O4S2/c1-4-31-20(30)14-7-5-6-8-15(14)23-17(28)12-33-22-25-24-21-26(11-13(2)3)19(29)18-16(27(21)22)9-10-32-18/h5-10,13H,4,11-12H2,1-3H3,(H,23,28). The summed E-state index contributed by atoms with van der Waals surface area (Å²) >= 11 is 2.59. The number of rotatable bonds is 8. The van der Waals surface area contributed by atoms with Gasteiger partial charge in [-0.1, -0.05) is 37.7 Å². The topological polar surface area (TPSA) is 108 Å². The first-order valence-electron chi connectivity index (χ1n) is 10.4. The lowest BCUT2D eigenvalue weighted by Crippen LogP contribution is -2.24. The predicted molar refractivity (Wildman–Crippen MR) is 129 cm³/mol. The number of carbonyl (C=O) groups is 2. The number of hydrogen-bond donors (Lipinski definition) is 1. The van der Waals surface area contributed by atoms with Crippen LogP contribution in [0.4, 0.5) is 5.69 Å². The van der Waals surface area contributed by atoms with Crippen molar-refractivity contribution in [1.29, 1.82) is 0 Å². The molecule has 4 aromatic rings. The minimum Gasteiger partial charge on any atom is -0.462 e. The number of anilines is 1. The first kappa shape index (κ1) is 23.0. The van der Waals surface area contributed by atoms with Crippen molar-refractivity contribution in [3.63, 3.8) is 0 Å². The quantitative estimate of drug-likeness (QED) is 0.300. The highest BCUT2D eigenvalue weighted by atomic mass is 32.2. The van der Waals surface area contributed by atoms with Crippen LogP contribution in [0.3, 0.4) is 0 Å². The van der Waals surface area contributed by atoms with Crippen LogP contribution < -0.4 is 10.9 Å². The van der Waals surface area contributed by atoms with Crippen molar-refractivity contribution in [2.45, 2.75) is 32.5 Å². The highest BCUT2D eigenvalue weighted by Crippen LogP contribution is 2.25. The van der Waals surface area contributed by atoms with E-state index >= 15 is 0 Å². The van der Waals surface area contributed by atoms with E-state index in [1.807, 2.05) is 29.7 Å². The summed E-state index contributed by atoms with van der Waals surface area (Å²) in [6, 6.07) is 8.56. The first-order valence-corrected chi connectivity index (χ1v) is 12.3. The third-order valence-corrected chi connectivity index (χ3v) is 6.58. The SMILES string of the molecule is CCOC(=O)c1ccccc1NC(=O)CSc1nnc2n(CC(C)C)c(=O)c3sccc3n12. The van der Waals surface area contributed by atoms with Crippen LogP contribution in [0, 0.1) is 5.92 Å². The van der Waals surface area contributed by atoms with Crippen molar-refractivity contribution in [3.05, 3.63) is 51.6 Å². The Balaban J connectivity index is 1.59. The van der Waals surface area contributed by atoms with Crippen LogP contribution in [0.5, 0.6) is 0 Å². The summed E-state index contributed by atoms with van der Waals surface area (Å²) in [5.74, 6) is -0.0393. The van der Waals surface area contributed by atoms with E-state index in [2.05, 4.69) is 15.5 Å². The van der Waals surface area contributed by atoms with E-state index in [0.29, 0.717) is 33.4 Å². The van der Waals surface area contributed by atoms with E-state index in [9.17, 15) is 14.4 Å². The van der Waals surface area contributed by atoms with E-state index < -0.39 is 5.97 Å². The fourth-order valence-corrected chi connectivity index (χ4v) is 4.98. The van der Waals surface area contributed by atoms with Gasteiger partial charge in [-0.05, 0) is 36.4 Å². The summed E-state index contributed by atoms with van der Waals surface area (Å²) in [6.45, 7) is 6.56. The highest BCUT2D eigenvalue weighted by molar-refractivity contribution is 7.99. The maximum absolute atomic E-state index is 12.9. The van der Waals surface area contributed by atoms with Gasteiger partial charge in [0.1, 0.15) is 4.70 Å². The average Bonchev–Trinajstić information content (AvgIpc) is 3.42. The number of para-hydroxylation sites is 1. The van der Waals surface area contributed by atoms with E-state index in [-0.39, 0.29) is 29.7 Å². The van der Waals surface area contributed by atoms with Crippen LogP contribution in [0.15, 0.2) is 45.7 Å². The molecule has 1 aromatic carbocycles. The Labute approximate surface area is 197 Å². The first-order chi connectivity index (χ1) is 15.9. The molecule has 0 atom stereocenters. The molecule has 11 heteroatoms. The second-order valence-corrected chi connectivity index (χ2v) is 9.52. The lowest BCUT2D eigenvalue weighted by molar-refractivity contribution is -0.113. The Morgan fingerprint density at radius 1 is 1.21 bits per heavy atom. The number of nitrogens with one attached hydrogen (secondary N) is 1. The van der Waals surface area contributed by atoms with E-state index in [4.69, 9.17) is 4.74 Å². The number of amides is 1. The number of fused-ring (bicyclic) bond motifs is 3. The van der Waals surface area contributed by atoms with Gasteiger partial charge >= 0.3 is 5.97 Å². The van der Waals surface area contributed by atoms with Gasteiger partial charge in [-0.2, -0.15) is 0 Å². The van der Waals surface area contributed by atoms with Crippen molar-refractivity contribution in [2.24, 2.45) is 5.92 Å². The Hall–Kier alpha value is -3.18. The molecule has 0 saturated carbocycles. The predicted octanol–water partition coefficient (Wildman–Crippen LogP) is 3.67. The molecule has 0 saturated heterocycles. The minimum absolute atomic E-state index is 0.0485. The lowest BCUT2D eigenvalue weighted by atomic mass is 10.2. The third-order valence-electron chi connectivity index (χ3n) is 4.76. The van der Waals surface area contributed by atoms with E-state index in [1.165, 1.54) is 23.1 Å². The number of esters is 1. The number of hydrogen-bond acceptors (Lipinski definition) is 8. The fourth-order valence-electron chi connectivity index (χ4n) is 3.42. The van der Waals surface area contributed by atoms with Crippen LogP contribution >= 0.6 is 23.1 Å². The number of carbonyl (C=O) groups excluding carboxylic acids is 2. The van der Waals surface area contributed by atoms with Gasteiger partial charge in [0, 0.05) is 6.54 Å². The third kappa shape index (κ3) is 4.64. The van der Waals surface area contributed by atoms with Crippen molar-refractivity contribution >= 4 is 56.7 Å². The number of aromatic nitrogens is 4. The van der Waals surface area contributed by atoms with Crippen LogP contribution in [0.1, 0.15) is 31.1 Å². The average molecular weight is 486 g/mol. The van der Waals surface area contributed by atoms with E-state index in [1.54, 1.807) is 35.8 Å². The number of nitrogens with zero attached hydrogens (tertiary/aromatic N) is 4. The molecule has 0 aliphatic rings. The zero-order chi connectivity index (χ0) is 23.5. The second-order valence-electron chi connectivity index (χ2n) is 7.67. The van der Waals surface area contributed by atoms with Gasteiger partial charge < -0.3 is 10.1 Å². The normalized spacial score (nSPS) is 11.4. The molecular weight excluding hydrogens is 462 g/mol. The van der Waals surface area contributed by atoms with Crippen LogP contribution in [-0.4, -0.2) is 43.4 Å². The Morgan fingerprint density at radius 2 is 2.00 bits per heavy atom.